The van der Waals surface area contributed by atoms with E-state index in [1.165, 1.54) is 31.2 Å². The molecular weight excluding hydrogens is 414 g/mol. The van der Waals surface area contributed by atoms with Gasteiger partial charge in [-0.25, -0.2) is 13.6 Å². The number of anilines is 1. The lowest BCUT2D eigenvalue weighted by molar-refractivity contribution is -0.158. The lowest BCUT2D eigenvalue weighted by Gasteiger charge is -2.19. The predicted molar refractivity (Wildman–Crippen MR) is 104 cm³/mol. The van der Waals surface area contributed by atoms with Crippen molar-refractivity contribution in [1.29, 1.82) is 0 Å². The van der Waals surface area contributed by atoms with Crippen LogP contribution in [-0.4, -0.2) is 49.7 Å². The predicted octanol–water partition coefficient (Wildman–Crippen LogP) is 0.379. The molecule has 30 heavy (non-hydrogen) atoms. The highest BCUT2D eigenvalue weighted by molar-refractivity contribution is 7.89. The van der Waals surface area contributed by atoms with E-state index in [4.69, 9.17) is 9.88 Å². The number of rotatable bonds is 6. The van der Waals surface area contributed by atoms with Crippen molar-refractivity contribution in [2.75, 3.05) is 11.9 Å². The van der Waals surface area contributed by atoms with E-state index in [1.54, 1.807) is 0 Å². The number of fused-ring (bicyclic) bond motifs is 1. The third-order valence-electron chi connectivity index (χ3n) is 5.35. The third kappa shape index (κ3) is 4.68. The van der Waals surface area contributed by atoms with Crippen LogP contribution in [0, 0.1) is 11.8 Å². The second-order valence-corrected chi connectivity index (χ2v) is 9.01. The molecule has 1 heterocycles. The molecule has 1 aromatic carbocycles. The van der Waals surface area contributed by atoms with Crippen molar-refractivity contribution >= 4 is 39.4 Å². The van der Waals surface area contributed by atoms with E-state index in [0.29, 0.717) is 12.8 Å². The Bertz CT molecular complexity index is 950. The van der Waals surface area contributed by atoms with E-state index in [9.17, 15) is 27.6 Å². The molecule has 0 spiro atoms. The largest absolute Gasteiger partial charge is 0.451 e. The van der Waals surface area contributed by atoms with Crippen LogP contribution in [-0.2, 0) is 33.9 Å². The smallest absolute Gasteiger partial charge is 0.326 e. The molecule has 10 nitrogen and oxygen atoms in total. The highest BCUT2D eigenvalue weighted by Crippen LogP contribution is 2.37. The minimum Gasteiger partial charge on any atom is -0.451 e. The van der Waals surface area contributed by atoms with E-state index < -0.39 is 34.5 Å². The second kappa shape index (κ2) is 8.52. The van der Waals surface area contributed by atoms with Gasteiger partial charge in [-0.3, -0.25) is 24.1 Å². The third-order valence-corrected chi connectivity index (χ3v) is 6.28. The van der Waals surface area contributed by atoms with Gasteiger partial charge in [0.05, 0.1) is 16.7 Å². The lowest BCUT2D eigenvalue weighted by atomic mass is 9.81. The van der Waals surface area contributed by atoms with E-state index in [1.807, 2.05) is 0 Å². The number of esters is 1. The first-order valence-corrected chi connectivity index (χ1v) is 11.1. The van der Waals surface area contributed by atoms with Crippen LogP contribution < -0.4 is 10.5 Å². The first-order valence-electron chi connectivity index (χ1n) is 9.56. The van der Waals surface area contributed by atoms with Crippen LogP contribution in [0.3, 0.4) is 0 Å². The topological polar surface area (TPSA) is 153 Å². The summed E-state index contributed by atoms with van der Waals surface area (Å²) in [5.74, 6) is -2.94. The van der Waals surface area contributed by atoms with Gasteiger partial charge in [-0.2, -0.15) is 0 Å². The number of sulfonamides is 1. The molecule has 162 valence electrons. The van der Waals surface area contributed by atoms with Crippen LogP contribution >= 0.6 is 0 Å². The van der Waals surface area contributed by atoms with Gasteiger partial charge in [-0.1, -0.05) is 12.8 Å². The number of nitrogens with zero attached hydrogens (tertiary/aromatic N) is 1. The van der Waals surface area contributed by atoms with Gasteiger partial charge in [0.15, 0.2) is 6.10 Å². The molecule has 11 heteroatoms. The number of imide groups is 1. The number of nitrogens with one attached hydrogen (secondary N) is 1. The van der Waals surface area contributed by atoms with Crippen molar-refractivity contribution in [3.8, 4) is 0 Å². The highest BCUT2D eigenvalue weighted by Gasteiger charge is 2.48. The molecule has 1 aliphatic carbocycles. The van der Waals surface area contributed by atoms with Crippen LogP contribution in [0.15, 0.2) is 29.2 Å². The first-order chi connectivity index (χ1) is 14.1. The van der Waals surface area contributed by atoms with Gasteiger partial charge in [0.2, 0.25) is 21.8 Å². The minimum absolute atomic E-state index is 0.111. The summed E-state index contributed by atoms with van der Waals surface area (Å²) in [6.07, 6.45) is 1.86. The Morgan fingerprint density at radius 3 is 2.17 bits per heavy atom. The highest BCUT2D eigenvalue weighted by atomic mass is 32.2. The maximum atomic E-state index is 12.4. The number of benzene rings is 1. The molecule has 1 saturated carbocycles. The van der Waals surface area contributed by atoms with Gasteiger partial charge in [0.1, 0.15) is 6.54 Å². The fraction of sp³-hybridized carbons (Fsp3) is 0.474. The van der Waals surface area contributed by atoms with Crippen molar-refractivity contribution < 1.29 is 32.3 Å². The maximum absolute atomic E-state index is 12.4. The first kappa shape index (κ1) is 21.9. The molecule has 3 atom stereocenters. The number of hydrogen-bond acceptors (Lipinski definition) is 7. The van der Waals surface area contributed by atoms with Crippen LogP contribution in [0.2, 0.25) is 0 Å². The van der Waals surface area contributed by atoms with Crippen molar-refractivity contribution in [3.63, 3.8) is 0 Å². The van der Waals surface area contributed by atoms with Gasteiger partial charge in [0, 0.05) is 5.69 Å². The number of nitrogens with two attached hydrogens (primary N) is 1. The Morgan fingerprint density at radius 2 is 1.67 bits per heavy atom. The molecule has 1 saturated heterocycles. The Morgan fingerprint density at radius 1 is 1.13 bits per heavy atom. The standard InChI is InChI=1S/C19H23N3O7S/c1-11(17(24)21-12-6-8-13(9-7-12)30(20,27)28)29-16(23)10-22-18(25)14-4-2-3-5-15(14)19(22)26/h6-9,11,14-15H,2-5,10H2,1H3,(H,21,24)(H2,20,27,28)/t11-,14+,15+/m0/s1. The number of likely N-dealkylation sites (tertiary alicyclic amines) is 1. The van der Waals surface area contributed by atoms with E-state index in [-0.39, 0.29) is 34.2 Å². The van der Waals surface area contributed by atoms with Crippen LogP contribution in [0.1, 0.15) is 32.6 Å². The zero-order chi connectivity index (χ0) is 22.1. The zero-order valence-electron chi connectivity index (χ0n) is 16.4. The van der Waals surface area contributed by atoms with Crippen molar-refractivity contribution in [1.82, 2.24) is 4.90 Å². The molecule has 0 bridgehead atoms. The molecule has 2 aliphatic rings. The second-order valence-electron chi connectivity index (χ2n) is 7.45. The monoisotopic (exact) mass is 437 g/mol. The molecule has 2 fully saturated rings. The number of hydrogen-bond donors (Lipinski definition) is 2. The van der Waals surface area contributed by atoms with E-state index in [0.717, 1.165) is 17.7 Å². The summed E-state index contributed by atoms with van der Waals surface area (Å²) < 4.78 is 27.6. The Labute approximate surface area is 173 Å². The molecule has 0 unspecified atom stereocenters. The molecule has 3 N–H and O–H groups in total. The molecule has 3 rings (SSSR count). The van der Waals surface area contributed by atoms with E-state index >= 15 is 0 Å². The summed E-state index contributed by atoms with van der Waals surface area (Å²) >= 11 is 0. The fourth-order valence-corrected chi connectivity index (χ4v) is 4.29. The summed E-state index contributed by atoms with van der Waals surface area (Å²) in [5.41, 5.74) is 0.282. The number of carbonyl (C=O) groups excluding carboxylic acids is 4. The normalized spacial score (nSPS) is 22.4. The average molecular weight is 437 g/mol. The quantitative estimate of drug-likeness (QED) is 0.482. The number of primary sulfonamides is 1. The number of amides is 3. The van der Waals surface area contributed by atoms with Gasteiger partial charge in [-0.15, -0.1) is 0 Å². The fourth-order valence-electron chi connectivity index (χ4n) is 3.78. The molecule has 3 amide bonds. The van der Waals surface area contributed by atoms with Crippen molar-refractivity contribution in [3.05, 3.63) is 24.3 Å². The minimum atomic E-state index is -3.85. The molecule has 1 aliphatic heterocycles. The molecule has 0 aromatic heterocycles. The van der Waals surface area contributed by atoms with Gasteiger partial charge in [0.25, 0.3) is 5.91 Å². The number of carbonyl (C=O) groups is 4. The molecular formula is C19H23N3O7S. The van der Waals surface area contributed by atoms with Gasteiger partial charge < -0.3 is 10.1 Å². The van der Waals surface area contributed by atoms with Gasteiger partial charge in [-0.05, 0) is 44.0 Å². The molecule has 1 aromatic rings. The number of ether oxygens (including phenoxy) is 1. The molecule has 0 radical (unpaired) electrons. The maximum Gasteiger partial charge on any atom is 0.326 e. The summed E-state index contributed by atoms with van der Waals surface area (Å²) in [6.45, 7) is 0.824. The van der Waals surface area contributed by atoms with Crippen molar-refractivity contribution in [2.45, 2.75) is 43.6 Å². The zero-order valence-corrected chi connectivity index (χ0v) is 17.2. The van der Waals surface area contributed by atoms with Crippen molar-refractivity contribution in [2.24, 2.45) is 17.0 Å². The Hall–Kier alpha value is -2.79. The van der Waals surface area contributed by atoms with Gasteiger partial charge >= 0.3 is 5.97 Å². The lowest BCUT2D eigenvalue weighted by Crippen LogP contribution is -2.39. The Kier molecular flexibility index (Phi) is 6.22. The Balaban J connectivity index is 1.54. The van der Waals surface area contributed by atoms with Crippen LogP contribution in [0.4, 0.5) is 5.69 Å². The van der Waals surface area contributed by atoms with E-state index in [2.05, 4.69) is 5.32 Å². The summed E-state index contributed by atoms with van der Waals surface area (Å²) in [6, 6.07) is 5.14. The summed E-state index contributed by atoms with van der Waals surface area (Å²) in [7, 11) is -3.85. The van der Waals surface area contributed by atoms with Crippen LogP contribution in [0.25, 0.3) is 0 Å². The summed E-state index contributed by atoms with van der Waals surface area (Å²) in [5, 5.41) is 7.49. The average Bonchev–Trinajstić information content (AvgIpc) is 2.93. The summed E-state index contributed by atoms with van der Waals surface area (Å²) in [4.78, 5) is 50.1. The van der Waals surface area contributed by atoms with Crippen LogP contribution in [0.5, 0.6) is 0 Å². The SMILES string of the molecule is C[C@H](OC(=O)CN1C(=O)[C@@H]2CCCC[C@H]2C1=O)C(=O)Nc1ccc(S(N)(=O)=O)cc1.